The molecule has 0 spiro atoms. The van der Waals surface area contributed by atoms with Crippen LogP contribution in [0.1, 0.15) is 149 Å². The number of fused-ring (bicyclic) bond motifs is 2. The Kier molecular flexibility index (Phi) is 12.3. The van der Waals surface area contributed by atoms with E-state index in [0.717, 1.165) is 24.0 Å². The van der Waals surface area contributed by atoms with Crippen molar-refractivity contribution >= 4 is 5.78 Å². The fraction of sp³-hybridized carbons (Fsp3) is 0.606. The first-order chi connectivity index (χ1) is 18.0. The van der Waals surface area contributed by atoms with Gasteiger partial charge in [-0.05, 0) is 48.1 Å². The number of hydrogen-bond donors (Lipinski definition) is 3. The van der Waals surface area contributed by atoms with E-state index in [9.17, 15) is 20.1 Å². The molecule has 0 atom stereocenters. The molecule has 3 N–H and O–H groups in total. The summed E-state index contributed by atoms with van der Waals surface area (Å²) in [4.78, 5) is 12.9. The van der Waals surface area contributed by atoms with Crippen molar-refractivity contribution in [1.29, 1.82) is 0 Å². The average molecular weight is 509 g/mol. The van der Waals surface area contributed by atoms with E-state index in [1.54, 1.807) is 6.07 Å². The third-order valence-corrected chi connectivity index (χ3v) is 7.85. The number of hydrogen-bond acceptors (Lipinski definition) is 4. The van der Waals surface area contributed by atoms with Crippen LogP contribution in [0.2, 0.25) is 0 Å². The zero-order valence-electron chi connectivity index (χ0n) is 23.0. The lowest BCUT2D eigenvalue weighted by atomic mass is 9.82. The lowest BCUT2D eigenvalue weighted by Crippen LogP contribution is -2.16. The molecule has 2 aromatic carbocycles. The van der Waals surface area contributed by atoms with Gasteiger partial charge in [-0.15, -0.1) is 0 Å². The molecule has 0 saturated heterocycles. The third-order valence-electron chi connectivity index (χ3n) is 7.85. The van der Waals surface area contributed by atoms with Gasteiger partial charge in [-0.1, -0.05) is 116 Å². The molecule has 0 saturated carbocycles. The number of ketones is 1. The Morgan fingerprint density at radius 2 is 1.00 bits per heavy atom. The van der Waals surface area contributed by atoms with E-state index in [4.69, 9.17) is 0 Å². The van der Waals surface area contributed by atoms with Crippen molar-refractivity contribution in [2.24, 2.45) is 0 Å². The highest BCUT2D eigenvalue weighted by molar-refractivity contribution is 6.15. The second-order valence-corrected chi connectivity index (χ2v) is 11.1. The van der Waals surface area contributed by atoms with Gasteiger partial charge in [0.05, 0.1) is 11.1 Å². The minimum Gasteiger partial charge on any atom is -0.508 e. The van der Waals surface area contributed by atoms with Crippen molar-refractivity contribution in [3.63, 3.8) is 0 Å². The zero-order chi connectivity index (χ0) is 26.5. The zero-order valence-corrected chi connectivity index (χ0v) is 23.0. The maximum absolute atomic E-state index is 12.9. The molecule has 0 unspecified atom stereocenters. The van der Waals surface area contributed by atoms with Gasteiger partial charge in [-0.3, -0.25) is 4.79 Å². The SMILES string of the molecule is CCCCCCCCCCCCCCCCCCCc1cc(O)c2c(c1)Cc1cc(O)cc(O)c1C2=O. The van der Waals surface area contributed by atoms with Crippen LogP contribution in [-0.4, -0.2) is 21.1 Å². The van der Waals surface area contributed by atoms with Gasteiger partial charge < -0.3 is 15.3 Å². The maximum Gasteiger partial charge on any atom is 0.201 e. The number of aryl methyl sites for hydroxylation is 1. The number of carbonyl (C=O) groups excluding carboxylic acids is 1. The predicted octanol–water partition coefficient (Wildman–Crippen LogP) is 9.13. The number of carbonyl (C=O) groups is 1. The first-order valence-electron chi connectivity index (χ1n) is 15.0. The van der Waals surface area contributed by atoms with Crippen molar-refractivity contribution < 1.29 is 20.1 Å². The van der Waals surface area contributed by atoms with Crippen molar-refractivity contribution in [2.45, 2.75) is 129 Å². The average Bonchev–Trinajstić information content (AvgIpc) is 2.85. The van der Waals surface area contributed by atoms with Crippen LogP contribution in [0.4, 0.5) is 0 Å². The smallest absolute Gasteiger partial charge is 0.201 e. The van der Waals surface area contributed by atoms with Gasteiger partial charge in [0.25, 0.3) is 0 Å². The molecule has 0 aliphatic heterocycles. The molecule has 3 rings (SSSR count). The molecule has 1 aliphatic rings. The van der Waals surface area contributed by atoms with Crippen molar-refractivity contribution in [1.82, 2.24) is 0 Å². The van der Waals surface area contributed by atoms with Crippen LogP contribution in [0, 0.1) is 0 Å². The number of phenolic OH excluding ortho intramolecular Hbond substituents is 3. The summed E-state index contributed by atoms with van der Waals surface area (Å²) < 4.78 is 0. The van der Waals surface area contributed by atoms with Gasteiger partial charge in [0.2, 0.25) is 5.78 Å². The summed E-state index contributed by atoms with van der Waals surface area (Å²) >= 11 is 0. The molecule has 4 heteroatoms. The first kappa shape index (κ1) is 29.1. The molecule has 2 aromatic rings. The topological polar surface area (TPSA) is 77.8 Å². The summed E-state index contributed by atoms with van der Waals surface area (Å²) in [6.07, 6.45) is 24.2. The Morgan fingerprint density at radius 1 is 0.568 bits per heavy atom. The molecule has 0 fully saturated rings. The minimum atomic E-state index is -0.379. The highest BCUT2D eigenvalue weighted by atomic mass is 16.3. The monoisotopic (exact) mass is 508 g/mol. The standard InChI is InChI=1S/C33H48O4/c1-2-3-4-5-6-7-8-9-10-11-12-13-14-15-16-17-18-19-25-20-26-22-27-23-28(34)24-30(36)32(27)33(37)31(26)29(35)21-25/h20-21,23-24,34-36H,2-19,22H2,1H3. The van der Waals surface area contributed by atoms with Crippen LogP contribution in [0.3, 0.4) is 0 Å². The number of aromatic hydroxyl groups is 3. The van der Waals surface area contributed by atoms with Crippen LogP contribution in [0.25, 0.3) is 0 Å². The fourth-order valence-electron chi connectivity index (χ4n) is 5.75. The van der Waals surface area contributed by atoms with Gasteiger partial charge in [-0.2, -0.15) is 0 Å². The molecule has 37 heavy (non-hydrogen) atoms. The number of benzene rings is 2. The fourth-order valence-corrected chi connectivity index (χ4v) is 5.75. The number of rotatable bonds is 18. The summed E-state index contributed by atoms with van der Waals surface area (Å²) in [6, 6.07) is 6.40. The van der Waals surface area contributed by atoms with E-state index < -0.39 is 0 Å². The van der Waals surface area contributed by atoms with Crippen molar-refractivity contribution in [2.75, 3.05) is 0 Å². The summed E-state index contributed by atoms with van der Waals surface area (Å²) in [7, 11) is 0. The highest BCUT2D eigenvalue weighted by Gasteiger charge is 2.29. The van der Waals surface area contributed by atoms with Crippen LogP contribution in [0.15, 0.2) is 24.3 Å². The normalized spacial score (nSPS) is 12.5. The molecule has 1 aliphatic carbocycles. The Hall–Kier alpha value is -2.49. The van der Waals surface area contributed by atoms with E-state index in [0.29, 0.717) is 12.0 Å². The Bertz CT molecular complexity index is 994. The highest BCUT2D eigenvalue weighted by Crippen LogP contribution is 2.39. The van der Waals surface area contributed by atoms with E-state index in [2.05, 4.69) is 6.92 Å². The number of phenols is 3. The maximum atomic E-state index is 12.9. The van der Waals surface area contributed by atoms with Gasteiger partial charge in [-0.25, -0.2) is 0 Å². The van der Waals surface area contributed by atoms with E-state index in [1.165, 1.54) is 115 Å². The summed E-state index contributed by atoms with van der Waals surface area (Å²) in [5.74, 6) is -0.688. The molecule has 0 amide bonds. The molecular formula is C33H48O4. The quantitative estimate of drug-likeness (QED) is 0.150. The third kappa shape index (κ3) is 9.09. The Morgan fingerprint density at radius 3 is 1.51 bits per heavy atom. The molecule has 0 aromatic heterocycles. The summed E-state index contributed by atoms with van der Waals surface area (Å²) in [6.45, 7) is 2.28. The molecule has 0 bridgehead atoms. The molecule has 204 valence electrons. The predicted molar refractivity (Wildman–Crippen MR) is 152 cm³/mol. The molecule has 0 heterocycles. The van der Waals surface area contributed by atoms with Gasteiger partial charge in [0.15, 0.2) is 0 Å². The lowest BCUT2D eigenvalue weighted by Gasteiger charge is -2.21. The Labute approximate surface area is 224 Å². The summed E-state index contributed by atoms with van der Waals surface area (Å²) in [5, 5.41) is 30.5. The molecular weight excluding hydrogens is 460 g/mol. The number of unbranched alkanes of at least 4 members (excludes halogenated alkanes) is 16. The van der Waals surface area contributed by atoms with Gasteiger partial charge in [0, 0.05) is 6.07 Å². The minimum absolute atomic E-state index is 0.0115. The molecule has 4 nitrogen and oxygen atoms in total. The molecule has 0 radical (unpaired) electrons. The van der Waals surface area contributed by atoms with Gasteiger partial charge >= 0.3 is 0 Å². The van der Waals surface area contributed by atoms with Crippen molar-refractivity contribution in [3.8, 4) is 17.2 Å². The van der Waals surface area contributed by atoms with Crippen LogP contribution < -0.4 is 0 Å². The first-order valence-corrected chi connectivity index (χ1v) is 15.0. The van der Waals surface area contributed by atoms with Gasteiger partial charge in [0.1, 0.15) is 17.2 Å². The van der Waals surface area contributed by atoms with Crippen LogP contribution in [0.5, 0.6) is 17.2 Å². The lowest BCUT2D eigenvalue weighted by molar-refractivity contribution is 0.102. The van der Waals surface area contributed by atoms with Crippen molar-refractivity contribution in [3.05, 3.63) is 52.1 Å². The van der Waals surface area contributed by atoms with E-state index in [1.807, 2.05) is 6.07 Å². The Balaban J connectivity index is 1.26. The van der Waals surface area contributed by atoms with Crippen LogP contribution >= 0.6 is 0 Å². The van der Waals surface area contributed by atoms with Crippen LogP contribution in [-0.2, 0) is 12.8 Å². The summed E-state index contributed by atoms with van der Waals surface area (Å²) in [5.41, 5.74) is 2.87. The second kappa shape index (κ2) is 15.7. The van der Waals surface area contributed by atoms with E-state index in [-0.39, 0.29) is 34.2 Å². The largest absolute Gasteiger partial charge is 0.508 e. The van der Waals surface area contributed by atoms with E-state index >= 15 is 0 Å². The second-order valence-electron chi connectivity index (χ2n) is 11.1.